The molecule has 154 valence electrons. The van der Waals surface area contributed by atoms with Crippen LogP contribution in [-0.2, 0) is 16.6 Å². The molecule has 3 aromatic rings. The molecule has 0 saturated carbocycles. The van der Waals surface area contributed by atoms with E-state index in [0.717, 1.165) is 22.9 Å². The molecule has 8 heteroatoms. The molecular formula is C21H25N3O4S. The summed E-state index contributed by atoms with van der Waals surface area (Å²) in [5.74, 6) is 0.557. The van der Waals surface area contributed by atoms with Crippen LogP contribution in [-0.4, -0.2) is 56.0 Å². The normalized spacial score (nSPS) is 12.8. The van der Waals surface area contributed by atoms with Crippen LogP contribution in [0.4, 0.5) is 5.69 Å². The Morgan fingerprint density at radius 1 is 1.10 bits per heavy atom. The standard InChI is InChI=1S/C21H25N3O4S/c1-24(13-18-8-7-16-5-3-4-6-21(16)22-18)14-19(25)15-28-20-11-9-17(10-12-20)23-29(2,26)27/h3-12,19,23,25H,13-15H2,1-2H3/t19-/m0/s1. The Morgan fingerprint density at radius 3 is 2.55 bits per heavy atom. The number of aromatic nitrogens is 1. The number of ether oxygens (including phenoxy) is 1. The summed E-state index contributed by atoms with van der Waals surface area (Å²) in [6.07, 6.45) is 0.423. The van der Waals surface area contributed by atoms with E-state index in [0.29, 0.717) is 24.5 Å². The second-order valence-corrected chi connectivity index (χ2v) is 8.80. The molecule has 2 N–H and O–H groups in total. The van der Waals surface area contributed by atoms with Crippen molar-refractivity contribution in [2.24, 2.45) is 0 Å². The number of likely N-dealkylation sites (N-methyl/N-ethyl adjacent to an activating group) is 1. The molecule has 1 aromatic heterocycles. The number of nitrogens with one attached hydrogen (secondary N) is 1. The maximum absolute atomic E-state index is 11.2. The van der Waals surface area contributed by atoms with Crippen molar-refractivity contribution in [2.45, 2.75) is 12.6 Å². The molecule has 0 spiro atoms. The number of hydrogen-bond acceptors (Lipinski definition) is 6. The number of hydrogen-bond donors (Lipinski definition) is 2. The van der Waals surface area contributed by atoms with Gasteiger partial charge in [0.15, 0.2) is 0 Å². The van der Waals surface area contributed by atoms with Gasteiger partial charge in [-0.2, -0.15) is 0 Å². The molecule has 0 bridgehead atoms. The molecule has 0 amide bonds. The van der Waals surface area contributed by atoms with Crippen molar-refractivity contribution in [3.8, 4) is 5.75 Å². The lowest BCUT2D eigenvalue weighted by Gasteiger charge is -2.20. The second-order valence-electron chi connectivity index (χ2n) is 7.06. The second kappa shape index (κ2) is 9.21. The summed E-state index contributed by atoms with van der Waals surface area (Å²) in [7, 11) is -1.39. The smallest absolute Gasteiger partial charge is 0.229 e. The Balaban J connectivity index is 1.47. The molecule has 7 nitrogen and oxygen atoms in total. The third-order valence-electron chi connectivity index (χ3n) is 4.21. The lowest BCUT2D eigenvalue weighted by molar-refractivity contribution is 0.0741. The summed E-state index contributed by atoms with van der Waals surface area (Å²) in [5.41, 5.74) is 2.35. The quantitative estimate of drug-likeness (QED) is 0.558. The van der Waals surface area contributed by atoms with Gasteiger partial charge in [0.05, 0.1) is 17.5 Å². The zero-order valence-corrected chi connectivity index (χ0v) is 17.3. The topological polar surface area (TPSA) is 91.8 Å². The van der Waals surface area contributed by atoms with E-state index in [-0.39, 0.29) is 6.61 Å². The summed E-state index contributed by atoms with van der Waals surface area (Å²) in [6.45, 7) is 1.18. The van der Waals surface area contributed by atoms with E-state index in [9.17, 15) is 13.5 Å². The Labute approximate surface area is 171 Å². The first kappa shape index (κ1) is 21.0. The highest BCUT2D eigenvalue weighted by Crippen LogP contribution is 2.17. The van der Waals surface area contributed by atoms with E-state index in [4.69, 9.17) is 4.74 Å². The average Bonchev–Trinajstić information content (AvgIpc) is 2.66. The monoisotopic (exact) mass is 415 g/mol. The molecule has 3 rings (SSSR count). The van der Waals surface area contributed by atoms with Gasteiger partial charge in [0.1, 0.15) is 18.5 Å². The van der Waals surface area contributed by atoms with Crippen LogP contribution in [0.15, 0.2) is 60.7 Å². The van der Waals surface area contributed by atoms with Crippen LogP contribution >= 0.6 is 0 Å². The van der Waals surface area contributed by atoms with Gasteiger partial charge in [0.2, 0.25) is 10.0 Å². The van der Waals surface area contributed by atoms with Gasteiger partial charge < -0.3 is 9.84 Å². The minimum absolute atomic E-state index is 0.133. The first-order valence-electron chi connectivity index (χ1n) is 9.20. The molecule has 0 saturated heterocycles. The van der Waals surface area contributed by atoms with Crippen molar-refractivity contribution in [1.82, 2.24) is 9.88 Å². The summed E-state index contributed by atoms with van der Waals surface area (Å²) < 4.78 is 30.4. The van der Waals surface area contributed by atoms with Gasteiger partial charge in [-0.25, -0.2) is 8.42 Å². The highest BCUT2D eigenvalue weighted by atomic mass is 32.2. The lowest BCUT2D eigenvalue weighted by Crippen LogP contribution is -2.33. The molecule has 0 unspecified atom stereocenters. The molecule has 0 fully saturated rings. The number of pyridine rings is 1. The van der Waals surface area contributed by atoms with E-state index in [1.54, 1.807) is 24.3 Å². The Morgan fingerprint density at radius 2 is 1.83 bits per heavy atom. The zero-order chi connectivity index (χ0) is 20.9. The largest absolute Gasteiger partial charge is 0.491 e. The van der Waals surface area contributed by atoms with Crippen molar-refractivity contribution in [3.05, 3.63) is 66.4 Å². The lowest BCUT2D eigenvalue weighted by atomic mass is 10.2. The van der Waals surface area contributed by atoms with E-state index in [2.05, 4.69) is 9.71 Å². The Hall–Kier alpha value is -2.68. The van der Waals surface area contributed by atoms with E-state index in [1.807, 2.05) is 48.3 Å². The molecule has 1 atom stereocenters. The van der Waals surface area contributed by atoms with Crippen LogP contribution in [0, 0.1) is 0 Å². The first-order valence-corrected chi connectivity index (χ1v) is 11.1. The number of fused-ring (bicyclic) bond motifs is 1. The van der Waals surface area contributed by atoms with Crippen molar-refractivity contribution < 1.29 is 18.3 Å². The fourth-order valence-electron chi connectivity index (χ4n) is 2.98. The van der Waals surface area contributed by atoms with E-state index >= 15 is 0 Å². The van der Waals surface area contributed by atoms with Crippen LogP contribution < -0.4 is 9.46 Å². The molecule has 1 heterocycles. The third-order valence-corrected chi connectivity index (χ3v) is 4.82. The number of benzene rings is 2. The Kier molecular flexibility index (Phi) is 6.68. The number of aliphatic hydroxyl groups is 1. The van der Waals surface area contributed by atoms with E-state index in [1.165, 1.54) is 0 Å². The maximum atomic E-state index is 11.2. The maximum Gasteiger partial charge on any atom is 0.229 e. The SMILES string of the molecule is CN(Cc1ccc2ccccc2n1)C[C@H](O)COc1ccc(NS(C)(=O)=O)cc1. The van der Waals surface area contributed by atoms with Gasteiger partial charge in [-0.15, -0.1) is 0 Å². The summed E-state index contributed by atoms with van der Waals surface area (Å²) in [6, 6.07) is 18.5. The summed E-state index contributed by atoms with van der Waals surface area (Å²) in [5, 5.41) is 11.4. The number of anilines is 1. The van der Waals surface area contributed by atoms with Crippen molar-refractivity contribution in [2.75, 3.05) is 31.2 Å². The van der Waals surface area contributed by atoms with Gasteiger partial charge in [-0.05, 0) is 43.4 Å². The number of sulfonamides is 1. The molecule has 29 heavy (non-hydrogen) atoms. The van der Waals surface area contributed by atoms with Gasteiger partial charge in [-0.1, -0.05) is 24.3 Å². The zero-order valence-electron chi connectivity index (χ0n) is 16.4. The van der Waals surface area contributed by atoms with Crippen LogP contribution in [0.25, 0.3) is 10.9 Å². The van der Waals surface area contributed by atoms with Crippen LogP contribution in [0.5, 0.6) is 5.75 Å². The number of aliphatic hydroxyl groups excluding tert-OH is 1. The Bertz CT molecular complexity index is 1050. The minimum atomic E-state index is -3.31. The van der Waals surface area contributed by atoms with Gasteiger partial charge in [0, 0.05) is 24.2 Å². The first-order chi connectivity index (χ1) is 13.8. The van der Waals surface area contributed by atoms with Crippen LogP contribution in [0.3, 0.4) is 0 Å². The van der Waals surface area contributed by atoms with Crippen LogP contribution in [0.2, 0.25) is 0 Å². The highest BCUT2D eigenvalue weighted by Gasteiger charge is 2.11. The fourth-order valence-corrected chi connectivity index (χ4v) is 3.54. The van der Waals surface area contributed by atoms with Gasteiger partial charge in [-0.3, -0.25) is 14.6 Å². The average molecular weight is 416 g/mol. The number of para-hydroxylation sites is 1. The van der Waals surface area contributed by atoms with Gasteiger partial charge >= 0.3 is 0 Å². The minimum Gasteiger partial charge on any atom is -0.491 e. The molecule has 0 radical (unpaired) electrons. The predicted octanol–water partition coefficient (Wildman–Crippen LogP) is 2.48. The third kappa shape index (κ3) is 6.70. The summed E-state index contributed by atoms with van der Waals surface area (Å²) in [4.78, 5) is 6.64. The van der Waals surface area contributed by atoms with E-state index < -0.39 is 16.1 Å². The van der Waals surface area contributed by atoms with Crippen molar-refractivity contribution in [3.63, 3.8) is 0 Å². The molecule has 0 aliphatic heterocycles. The number of rotatable bonds is 9. The predicted molar refractivity (Wildman–Crippen MR) is 114 cm³/mol. The molecule has 0 aliphatic carbocycles. The molecular weight excluding hydrogens is 390 g/mol. The molecule has 2 aromatic carbocycles. The van der Waals surface area contributed by atoms with Gasteiger partial charge in [0.25, 0.3) is 0 Å². The van der Waals surface area contributed by atoms with Crippen LogP contribution in [0.1, 0.15) is 5.69 Å². The molecule has 0 aliphatic rings. The number of nitrogens with zero attached hydrogens (tertiary/aromatic N) is 2. The fraction of sp³-hybridized carbons (Fsp3) is 0.286. The van der Waals surface area contributed by atoms with Crippen molar-refractivity contribution in [1.29, 1.82) is 0 Å². The summed E-state index contributed by atoms with van der Waals surface area (Å²) >= 11 is 0. The highest BCUT2D eigenvalue weighted by molar-refractivity contribution is 7.92. The van der Waals surface area contributed by atoms with Crippen molar-refractivity contribution >= 4 is 26.6 Å².